The topological polar surface area (TPSA) is 124 Å². The van der Waals surface area contributed by atoms with Crippen molar-refractivity contribution in [1.82, 2.24) is 10.2 Å². The number of aliphatic hydroxyl groups excluding tert-OH is 1. The standard InChI is InChI=1S/C23H42N2O8/c1-10-16(31-20(30-9)24-14(2)27)12-17-15(13-26)11-18(19(28)32-22(3,4)5)25(17)21(29)33-23(6,7)8/h15-18,20,26H,10-13H2,1-9H3,(H,24,27)/t15-,16-,17+,18?,20?/m0/s1. The highest BCUT2D eigenvalue weighted by Crippen LogP contribution is 2.36. The highest BCUT2D eigenvalue weighted by molar-refractivity contribution is 5.83. The van der Waals surface area contributed by atoms with Gasteiger partial charge in [0.15, 0.2) is 0 Å². The fourth-order valence-electron chi connectivity index (χ4n) is 3.75. The van der Waals surface area contributed by atoms with Crippen molar-refractivity contribution < 1.29 is 38.4 Å². The van der Waals surface area contributed by atoms with Gasteiger partial charge in [-0.3, -0.25) is 9.69 Å². The van der Waals surface area contributed by atoms with E-state index in [9.17, 15) is 19.5 Å². The Balaban J connectivity index is 3.22. The van der Waals surface area contributed by atoms with Gasteiger partial charge in [0.05, 0.1) is 6.10 Å². The fourth-order valence-corrected chi connectivity index (χ4v) is 3.75. The number of methoxy groups -OCH3 is 1. The third-order valence-corrected chi connectivity index (χ3v) is 5.09. The minimum absolute atomic E-state index is 0.223. The van der Waals surface area contributed by atoms with Crippen molar-refractivity contribution >= 4 is 18.0 Å². The molecule has 0 aromatic carbocycles. The molecule has 1 aliphatic rings. The number of hydrogen-bond acceptors (Lipinski definition) is 8. The third kappa shape index (κ3) is 9.46. The summed E-state index contributed by atoms with van der Waals surface area (Å²) in [6.07, 6.45) is -0.946. The van der Waals surface area contributed by atoms with Gasteiger partial charge in [-0.1, -0.05) is 6.92 Å². The molecule has 0 aromatic rings. The maximum atomic E-state index is 13.2. The molecule has 0 spiro atoms. The second kappa shape index (κ2) is 12.0. The lowest BCUT2D eigenvalue weighted by Crippen LogP contribution is -2.50. The zero-order chi connectivity index (χ0) is 25.6. The number of ether oxygens (including phenoxy) is 4. The van der Waals surface area contributed by atoms with E-state index in [1.54, 1.807) is 41.5 Å². The molecule has 0 bridgehead atoms. The monoisotopic (exact) mass is 474 g/mol. The highest BCUT2D eigenvalue weighted by atomic mass is 16.7. The van der Waals surface area contributed by atoms with Crippen molar-refractivity contribution in [2.45, 2.75) is 110 Å². The van der Waals surface area contributed by atoms with Gasteiger partial charge in [0.2, 0.25) is 12.3 Å². The van der Waals surface area contributed by atoms with Crippen LogP contribution >= 0.6 is 0 Å². The number of amides is 2. The second-order valence-corrected chi connectivity index (χ2v) is 10.4. The summed E-state index contributed by atoms with van der Waals surface area (Å²) in [5, 5.41) is 12.6. The fraction of sp³-hybridized carbons (Fsp3) is 0.870. The smallest absolute Gasteiger partial charge is 0.411 e. The van der Waals surface area contributed by atoms with Crippen molar-refractivity contribution in [1.29, 1.82) is 0 Å². The molecule has 1 fully saturated rings. The van der Waals surface area contributed by atoms with Crippen molar-refractivity contribution in [3.8, 4) is 0 Å². The quantitative estimate of drug-likeness (QED) is 0.386. The van der Waals surface area contributed by atoms with Gasteiger partial charge in [-0.15, -0.1) is 0 Å². The van der Waals surface area contributed by atoms with Crippen LogP contribution in [-0.4, -0.2) is 77.5 Å². The van der Waals surface area contributed by atoms with Gasteiger partial charge in [-0.25, -0.2) is 9.59 Å². The van der Waals surface area contributed by atoms with E-state index in [0.717, 1.165) is 0 Å². The molecule has 10 heteroatoms. The Labute approximate surface area is 197 Å². The lowest BCUT2D eigenvalue weighted by atomic mass is 9.94. The molecule has 0 aromatic heterocycles. The van der Waals surface area contributed by atoms with E-state index >= 15 is 0 Å². The van der Waals surface area contributed by atoms with E-state index in [4.69, 9.17) is 18.9 Å². The van der Waals surface area contributed by atoms with Gasteiger partial charge in [0.25, 0.3) is 0 Å². The van der Waals surface area contributed by atoms with E-state index in [1.807, 2.05) is 6.92 Å². The van der Waals surface area contributed by atoms with Crippen LogP contribution in [0.1, 0.15) is 74.7 Å². The first-order chi connectivity index (χ1) is 15.1. The van der Waals surface area contributed by atoms with Gasteiger partial charge in [-0.05, 0) is 60.8 Å². The van der Waals surface area contributed by atoms with Crippen LogP contribution in [0.25, 0.3) is 0 Å². The van der Waals surface area contributed by atoms with Crippen molar-refractivity contribution in [3.05, 3.63) is 0 Å². The van der Waals surface area contributed by atoms with Gasteiger partial charge in [0.1, 0.15) is 17.2 Å². The van der Waals surface area contributed by atoms with Crippen molar-refractivity contribution in [3.63, 3.8) is 0 Å². The molecule has 0 aliphatic carbocycles. The molecule has 2 unspecified atom stereocenters. The Morgan fingerprint density at radius 1 is 1.09 bits per heavy atom. The summed E-state index contributed by atoms with van der Waals surface area (Å²) < 4.78 is 22.2. The molecule has 192 valence electrons. The molecule has 33 heavy (non-hydrogen) atoms. The number of likely N-dealkylation sites (tertiary alicyclic amines) is 1. The van der Waals surface area contributed by atoms with E-state index in [1.165, 1.54) is 18.9 Å². The first kappa shape index (κ1) is 29.1. The predicted molar refractivity (Wildman–Crippen MR) is 121 cm³/mol. The minimum atomic E-state index is -0.960. The maximum Gasteiger partial charge on any atom is 0.411 e. The summed E-state index contributed by atoms with van der Waals surface area (Å²) in [6, 6.07) is -1.44. The van der Waals surface area contributed by atoms with E-state index in [-0.39, 0.29) is 24.9 Å². The van der Waals surface area contributed by atoms with Gasteiger partial charge < -0.3 is 29.4 Å². The Kier molecular flexibility index (Phi) is 10.6. The lowest BCUT2D eigenvalue weighted by molar-refractivity contribution is -0.182. The maximum absolute atomic E-state index is 13.2. The van der Waals surface area contributed by atoms with E-state index < -0.39 is 47.9 Å². The lowest BCUT2D eigenvalue weighted by Gasteiger charge is -2.35. The molecule has 10 nitrogen and oxygen atoms in total. The second-order valence-electron chi connectivity index (χ2n) is 10.4. The number of aliphatic hydroxyl groups is 1. The van der Waals surface area contributed by atoms with Crippen LogP contribution in [0.3, 0.4) is 0 Å². The average Bonchev–Trinajstić information content (AvgIpc) is 3.02. The molecule has 1 saturated heterocycles. The number of nitrogens with zero attached hydrogens (tertiary/aromatic N) is 1. The minimum Gasteiger partial charge on any atom is -0.458 e. The average molecular weight is 475 g/mol. The number of hydrogen-bond donors (Lipinski definition) is 2. The zero-order valence-corrected chi connectivity index (χ0v) is 21.5. The van der Waals surface area contributed by atoms with Gasteiger partial charge >= 0.3 is 12.1 Å². The van der Waals surface area contributed by atoms with E-state index in [2.05, 4.69) is 5.32 Å². The summed E-state index contributed by atoms with van der Waals surface area (Å²) in [6.45, 7) is 13.5. The molecule has 1 rings (SSSR count). The summed E-state index contributed by atoms with van der Waals surface area (Å²) in [5.41, 5.74) is -1.51. The molecule has 5 atom stereocenters. The molecular formula is C23H42N2O8. The zero-order valence-electron chi connectivity index (χ0n) is 21.5. The van der Waals surface area contributed by atoms with Crippen LogP contribution < -0.4 is 5.32 Å². The Hall–Kier alpha value is -1.91. The largest absolute Gasteiger partial charge is 0.458 e. The normalized spacial score (nSPS) is 23.1. The van der Waals surface area contributed by atoms with Crippen LogP contribution in [0, 0.1) is 5.92 Å². The van der Waals surface area contributed by atoms with Gasteiger partial charge in [0, 0.05) is 32.6 Å². The molecule has 1 aliphatic heterocycles. The van der Waals surface area contributed by atoms with Gasteiger partial charge in [-0.2, -0.15) is 0 Å². The highest BCUT2D eigenvalue weighted by Gasteiger charge is 2.50. The number of rotatable bonds is 9. The summed E-state index contributed by atoms with van der Waals surface area (Å²) >= 11 is 0. The molecule has 1 heterocycles. The first-order valence-corrected chi connectivity index (χ1v) is 11.4. The van der Waals surface area contributed by atoms with Crippen LogP contribution in [0.2, 0.25) is 0 Å². The number of carbonyl (C=O) groups excluding carboxylic acids is 3. The predicted octanol–water partition coefficient (Wildman–Crippen LogP) is 2.57. The molecular weight excluding hydrogens is 432 g/mol. The summed E-state index contributed by atoms with van der Waals surface area (Å²) in [5.74, 6) is -1.24. The van der Waals surface area contributed by atoms with Crippen LogP contribution in [0.4, 0.5) is 4.79 Å². The first-order valence-electron chi connectivity index (χ1n) is 11.4. The SMILES string of the molecule is CC[C@@H](C[C@@H]1[C@H](CO)CC(C(=O)OC(C)(C)C)N1C(=O)OC(C)(C)C)OC(NC(C)=O)OC. The van der Waals surface area contributed by atoms with Crippen LogP contribution in [-0.2, 0) is 28.5 Å². The molecule has 2 N–H and O–H groups in total. The number of esters is 1. The Morgan fingerprint density at radius 3 is 2.09 bits per heavy atom. The van der Waals surface area contributed by atoms with E-state index in [0.29, 0.717) is 12.8 Å². The third-order valence-electron chi connectivity index (χ3n) is 5.09. The van der Waals surface area contributed by atoms with Crippen LogP contribution in [0.5, 0.6) is 0 Å². The Morgan fingerprint density at radius 2 is 1.67 bits per heavy atom. The summed E-state index contributed by atoms with van der Waals surface area (Å²) in [4.78, 5) is 39.0. The Bertz CT molecular complexity index is 670. The molecule has 0 radical (unpaired) electrons. The van der Waals surface area contributed by atoms with Crippen molar-refractivity contribution in [2.24, 2.45) is 5.92 Å². The molecule has 2 amide bonds. The number of carbonyl (C=O) groups is 3. The summed E-state index contributed by atoms with van der Waals surface area (Å²) in [7, 11) is 1.41. The number of nitrogens with one attached hydrogen (secondary N) is 1. The molecule has 0 saturated carbocycles. The van der Waals surface area contributed by atoms with Crippen molar-refractivity contribution in [2.75, 3.05) is 13.7 Å². The van der Waals surface area contributed by atoms with Crippen LogP contribution in [0.15, 0.2) is 0 Å².